The minimum atomic E-state index is -1.22. The summed E-state index contributed by atoms with van der Waals surface area (Å²) in [6.45, 7) is 0. The molecule has 0 unspecified atom stereocenters. The highest BCUT2D eigenvalue weighted by Crippen LogP contribution is 2.10. The third-order valence-electron chi connectivity index (χ3n) is 1.40. The van der Waals surface area contributed by atoms with Crippen LogP contribution in [0.15, 0.2) is 12.1 Å². The molecule has 0 bridgehead atoms. The van der Waals surface area contributed by atoms with Gasteiger partial charge in [0.2, 0.25) is 0 Å². The smallest absolute Gasteiger partial charge is 0.337 e. The average Bonchev–Trinajstić information content (AvgIpc) is 1.96. The molecule has 60 valence electrons. The fourth-order valence-electron chi connectivity index (χ4n) is 0.791. The lowest BCUT2D eigenvalue weighted by molar-refractivity contribution is 0.0698. The lowest BCUT2D eigenvalue weighted by Gasteiger charge is -2.02. The molecule has 12 heavy (non-hydrogen) atoms. The van der Waals surface area contributed by atoms with Crippen LogP contribution >= 0.6 is 0 Å². The van der Waals surface area contributed by atoms with Crippen molar-refractivity contribution >= 4 is 25.0 Å². The van der Waals surface area contributed by atoms with Crippen LogP contribution in [0.3, 0.4) is 0 Å². The van der Waals surface area contributed by atoms with E-state index in [1.165, 1.54) is 0 Å². The van der Waals surface area contributed by atoms with Gasteiger partial charge in [-0.3, -0.25) is 0 Å². The molecule has 0 aliphatic carbocycles. The average molecular weight is 165 g/mol. The number of halogens is 1. The molecule has 0 atom stereocenters. The van der Waals surface area contributed by atoms with Gasteiger partial charge in [-0.05, 0) is 12.1 Å². The van der Waals surface area contributed by atoms with Crippen molar-refractivity contribution in [3.8, 4) is 0 Å². The number of carboxylic acids is 1. The summed E-state index contributed by atoms with van der Waals surface area (Å²) in [6.07, 6.45) is 0. The van der Waals surface area contributed by atoms with E-state index < -0.39 is 11.8 Å². The lowest BCUT2D eigenvalue weighted by atomic mass is 9.93. The highest BCUT2D eigenvalue weighted by atomic mass is 19.1. The first-order valence-corrected chi connectivity index (χ1v) is 3.10. The number of benzene rings is 1. The van der Waals surface area contributed by atoms with E-state index in [9.17, 15) is 9.18 Å². The standard InChI is InChI=1S/C7H5BFNO2/c8-4-1-3(7(11)12)6(10)2-5(4)9/h1-2H,10H2,(H,11,12). The fraction of sp³-hybridized carbons (Fsp3) is 0. The Hall–Kier alpha value is -1.52. The van der Waals surface area contributed by atoms with Gasteiger partial charge in [0.1, 0.15) is 13.7 Å². The van der Waals surface area contributed by atoms with Crippen molar-refractivity contribution in [1.82, 2.24) is 0 Å². The quantitative estimate of drug-likeness (QED) is 0.451. The lowest BCUT2D eigenvalue weighted by Crippen LogP contribution is -2.14. The summed E-state index contributed by atoms with van der Waals surface area (Å²) in [5.41, 5.74) is 4.68. The molecule has 0 amide bonds. The molecule has 0 heterocycles. The van der Waals surface area contributed by atoms with E-state index >= 15 is 0 Å². The molecular weight excluding hydrogens is 160 g/mol. The molecule has 0 saturated heterocycles. The number of anilines is 1. The molecule has 3 N–H and O–H groups in total. The van der Waals surface area contributed by atoms with Crippen molar-refractivity contribution < 1.29 is 14.3 Å². The van der Waals surface area contributed by atoms with Gasteiger partial charge in [0, 0.05) is 5.69 Å². The predicted molar refractivity (Wildman–Crippen MR) is 43.2 cm³/mol. The fourth-order valence-corrected chi connectivity index (χ4v) is 0.791. The summed E-state index contributed by atoms with van der Waals surface area (Å²) in [4.78, 5) is 10.4. The minimum absolute atomic E-state index is 0.130. The van der Waals surface area contributed by atoms with Gasteiger partial charge in [-0.25, -0.2) is 9.18 Å². The number of hydrogen-bond acceptors (Lipinski definition) is 2. The summed E-state index contributed by atoms with van der Waals surface area (Å²) in [6, 6.07) is 1.88. The summed E-state index contributed by atoms with van der Waals surface area (Å²) >= 11 is 0. The first kappa shape index (κ1) is 8.58. The Bertz CT molecular complexity index is 340. The summed E-state index contributed by atoms with van der Waals surface area (Å²) in [5.74, 6) is -1.93. The summed E-state index contributed by atoms with van der Waals surface area (Å²) in [7, 11) is 5.13. The van der Waals surface area contributed by atoms with Gasteiger partial charge in [0.15, 0.2) is 0 Å². The van der Waals surface area contributed by atoms with Crippen LogP contribution < -0.4 is 11.2 Å². The Balaban J connectivity index is 3.33. The van der Waals surface area contributed by atoms with E-state index in [0.717, 1.165) is 12.1 Å². The molecule has 2 radical (unpaired) electrons. The van der Waals surface area contributed by atoms with Crippen molar-refractivity contribution in [1.29, 1.82) is 0 Å². The molecule has 0 spiro atoms. The first-order chi connectivity index (χ1) is 5.52. The molecule has 1 rings (SSSR count). The number of carboxylic acid groups (broad SMARTS) is 1. The molecule has 0 aliphatic rings. The maximum absolute atomic E-state index is 12.6. The zero-order chi connectivity index (χ0) is 9.30. The number of rotatable bonds is 1. The molecule has 0 aromatic heterocycles. The van der Waals surface area contributed by atoms with Gasteiger partial charge in [0.05, 0.1) is 5.56 Å². The third-order valence-corrected chi connectivity index (χ3v) is 1.40. The largest absolute Gasteiger partial charge is 0.478 e. The Morgan fingerprint density at radius 3 is 2.67 bits per heavy atom. The SMILES string of the molecule is [B]c1cc(C(=O)O)c(N)cc1F. The molecule has 5 heteroatoms. The van der Waals surface area contributed by atoms with Crippen molar-refractivity contribution in [3.05, 3.63) is 23.5 Å². The molecule has 1 aromatic carbocycles. The van der Waals surface area contributed by atoms with Gasteiger partial charge in [0.25, 0.3) is 0 Å². The van der Waals surface area contributed by atoms with Crippen LogP contribution in [0.1, 0.15) is 10.4 Å². The number of carbonyl (C=O) groups is 1. The molecular formula is C7H5BFNO2. The van der Waals surface area contributed by atoms with Gasteiger partial charge < -0.3 is 10.8 Å². The number of hydrogen-bond donors (Lipinski definition) is 2. The second-order valence-electron chi connectivity index (χ2n) is 2.27. The maximum atomic E-state index is 12.6. The Morgan fingerprint density at radius 2 is 2.17 bits per heavy atom. The van der Waals surface area contributed by atoms with Crippen molar-refractivity contribution in [2.75, 3.05) is 5.73 Å². The van der Waals surface area contributed by atoms with E-state index in [4.69, 9.17) is 18.7 Å². The monoisotopic (exact) mass is 165 g/mol. The van der Waals surface area contributed by atoms with E-state index in [-0.39, 0.29) is 16.7 Å². The maximum Gasteiger partial charge on any atom is 0.337 e. The Labute approximate surface area is 69.4 Å². The second kappa shape index (κ2) is 2.85. The van der Waals surface area contributed by atoms with E-state index in [0.29, 0.717) is 0 Å². The highest BCUT2D eigenvalue weighted by molar-refractivity contribution is 6.33. The van der Waals surface area contributed by atoms with Crippen LogP contribution in [0.2, 0.25) is 0 Å². The van der Waals surface area contributed by atoms with Crippen molar-refractivity contribution in [2.24, 2.45) is 0 Å². The van der Waals surface area contributed by atoms with Gasteiger partial charge in [-0.15, -0.1) is 0 Å². The highest BCUT2D eigenvalue weighted by Gasteiger charge is 2.09. The number of nitrogen functional groups attached to an aromatic ring is 1. The van der Waals surface area contributed by atoms with Crippen LogP contribution in [0, 0.1) is 5.82 Å². The van der Waals surface area contributed by atoms with Crippen LogP contribution in [-0.4, -0.2) is 18.9 Å². The van der Waals surface area contributed by atoms with Crippen molar-refractivity contribution in [3.63, 3.8) is 0 Å². The zero-order valence-corrected chi connectivity index (χ0v) is 6.04. The second-order valence-corrected chi connectivity index (χ2v) is 2.27. The van der Waals surface area contributed by atoms with Gasteiger partial charge >= 0.3 is 5.97 Å². The number of aromatic carboxylic acids is 1. The Kier molecular flexibility index (Phi) is 2.04. The topological polar surface area (TPSA) is 63.3 Å². The molecule has 0 saturated carbocycles. The molecule has 3 nitrogen and oxygen atoms in total. The Morgan fingerprint density at radius 1 is 1.58 bits per heavy atom. The molecule has 0 fully saturated rings. The number of nitrogens with two attached hydrogens (primary N) is 1. The normalized spacial score (nSPS) is 9.75. The minimum Gasteiger partial charge on any atom is -0.478 e. The predicted octanol–water partition coefficient (Wildman–Crippen LogP) is -0.100. The van der Waals surface area contributed by atoms with Crippen LogP contribution in [0.5, 0.6) is 0 Å². The summed E-state index contributed by atoms with van der Waals surface area (Å²) < 4.78 is 12.6. The zero-order valence-electron chi connectivity index (χ0n) is 6.04. The van der Waals surface area contributed by atoms with E-state index in [1.54, 1.807) is 0 Å². The van der Waals surface area contributed by atoms with Gasteiger partial charge in [-0.1, -0.05) is 5.46 Å². The third kappa shape index (κ3) is 1.39. The van der Waals surface area contributed by atoms with Crippen molar-refractivity contribution in [2.45, 2.75) is 0 Å². The molecule has 0 aliphatic heterocycles. The molecule has 1 aromatic rings. The van der Waals surface area contributed by atoms with Crippen LogP contribution in [0.25, 0.3) is 0 Å². The summed E-state index contributed by atoms with van der Waals surface area (Å²) in [5, 5.41) is 8.52. The van der Waals surface area contributed by atoms with Gasteiger partial charge in [-0.2, -0.15) is 0 Å². The van der Waals surface area contributed by atoms with E-state index in [1.807, 2.05) is 0 Å². The first-order valence-electron chi connectivity index (χ1n) is 3.10. The van der Waals surface area contributed by atoms with Crippen LogP contribution in [0.4, 0.5) is 10.1 Å². The van der Waals surface area contributed by atoms with E-state index in [2.05, 4.69) is 0 Å². The van der Waals surface area contributed by atoms with Crippen LogP contribution in [-0.2, 0) is 0 Å².